The Labute approximate surface area is 120 Å². The molecule has 1 aromatic heterocycles. The van der Waals surface area contributed by atoms with Gasteiger partial charge in [-0.1, -0.05) is 13.8 Å². The highest BCUT2D eigenvalue weighted by Crippen LogP contribution is 2.26. The monoisotopic (exact) mass is 283 g/mol. The second-order valence-corrected chi connectivity index (χ2v) is 5.31. The first-order chi connectivity index (χ1) is 9.48. The summed E-state index contributed by atoms with van der Waals surface area (Å²) in [5, 5.41) is 20.7. The third kappa shape index (κ3) is 4.00. The summed E-state index contributed by atoms with van der Waals surface area (Å²) >= 11 is 0. The minimum atomic E-state index is -0.199. The van der Waals surface area contributed by atoms with Gasteiger partial charge in [-0.25, -0.2) is 4.68 Å². The largest absolute Gasteiger partial charge is 0.396 e. The standard InChI is InChI=1S/C13H25N5O2/c1-5-13(6-2,10-19)9-17(4)12(20)7-8-18-11(3)14-15-16-18/h19H,5-10H2,1-4H3. The molecule has 1 amide bonds. The van der Waals surface area contributed by atoms with Crippen LogP contribution in [0.15, 0.2) is 0 Å². The van der Waals surface area contributed by atoms with E-state index in [0.717, 1.165) is 12.8 Å². The molecule has 1 aromatic rings. The maximum Gasteiger partial charge on any atom is 0.224 e. The molecule has 0 unspecified atom stereocenters. The van der Waals surface area contributed by atoms with Crippen LogP contribution in [-0.4, -0.2) is 56.3 Å². The molecule has 114 valence electrons. The lowest BCUT2D eigenvalue weighted by atomic mass is 9.83. The van der Waals surface area contributed by atoms with Gasteiger partial charge >= 0.3 is 0 Å². The van der Waals surface area contributed by atoms with E-state index in [0.29, 0.717) is 25.3 Å². The molecule has 7 heteroatoms. The van der Waals surface area contributed by atoms with E-state index in [4.69, 9.17) is 0 Å². The summed E-state index contributed by atoms with van der Waals surface area (Å²) in [5.41, 5.74) is -0.199. The second kappa shape index (κ2) is 7.33. The van der Waals surface area contributed by atoms with E-state index in [1.807, 2.05) is 13.8 Å². The van der Waals surface area contributed by atoms with Gasteiger partial charge in [-0.3, -0.25) is 4.79 Å². The molecule has 7 nitrogen and oxygen atoms in total. The first-order valence-corrected chi connectivity index (χ1v) is 7.05. The van der Waals surface area contributed by atoms with Gasteiger partial charge < -0.3 is 10.0 Å². The topological polar surface area (TPSA) is 84.1 Å². The van der Waals surface area contributed by atoms with E-state index in [2.05, 4.69) is 15.5 Å². The molecular formula is C13H25N5O2. The van der Waals surface area contributed by atoms with Crippen molar-refractivity contribution in [2.75, 3.05) is 20.2 Å². The number of tetrazole rings is 1. The predicted molar refractivity (Wildman–Crippen MR) is 74.9 cm³/mol. The molecule has 1 rings (SSSR count). The lowest BCUT2D eigenvalue weighted by Crippen LogP contribution is -2.41. The number of carbonyl (C=O) groups is 1. The van der Waals surface area contributed by atoms with Crippen LogP contribution >= 0.6 is 0 Å². The highest BCUT2D eigenvalue weighted by atomic mass is 16.3. The SMILES string of the molecule is CCC(CC)(CO)CN(C)C(=O)CCn1nnnc1C. The number of carbonyl (C=O) groups excluding carboxylic acids is 1. The van der Waals surface area contributed by atoms with Crippen LogP contribution in [0.1, 0.15) is 38.9 Å². The number of aliphatic hydroxyl groups is 1. The average Bonchev–Trinajstić information content (AvgIpc) is 2.87. The van der Waals surface area contributed by atoms with Crippen molar-refractivity contribution < 1.29 is 9.90 Å². The normalized spacial score (nSPS) is 11.7. The Bertz CT molecular complexity index is 420. The Morgan fingerprint density at radius 3 is 2.50 bits per heavy atom. The number of hydrogen-bond acceptors (Lipinski definition) is 5. The van der Waals surface area contributed by atoms with Gasteiger partial charge in [-0.05, 0) is 30.2 Å². The smallest absolute Gasteiger partial charge is 0.224 e. The summed E-state index contributed by atoms with van der Waals surface area (Å²) in [6.45, 7) is 7.05. The van der Waals surface area contributed by atoms with Crippen LogP contribution in [-0.2, 0) is 11.3 Å². The maximum atomic E-state index is 12.1. The zero-order chi connectivity index (χ0) is 15.2. The van der Waals surface area contributed by atoms with Gasteiger partial charge in [0.1, 0.15) is 5.82 Å². The number of aromatic nitrogens is 4. The van der Waals surface area contributed by atoms with Crippen molar-refractivity contribution in [3.05, 3.63) is 5.82 Å². The highest BCUT2D eigenvalue weighted by molar-refractivity contribution is 5.75. The van der Waals surface area contributed by atoms with Gasteiger partial charge in [0.25, 0.3) is 0 Å². The third-order valence-electron chi connectivity index (χ3n) is 4.08. The van der Waals surface area contributed by atoms with Crippen LogP contribution < -0.4 is 0 Å². The first kappa shape index (κ1) is 16.6. The molecule has 0 saturated heterocycles. The van der Waals surface area contributed by atoms with Crippen LogP contribution in [0.5, 0.6) is 0 Å². The van der Waals surface area contributed by atoms with Crippen molar-refractivity contribution in [2.24, 2.45) is 5.41 Å². The number of amides is 1. The summed E-state index contributed by atoms with van der Waals surface area (Å²) in [5.74, 6) is 0.742. The predicted octanol–water partition coefficient (Wildman–Crippen LogP) is 0.629. The Hall–Kier alpha value is -1.50. The Kier molecular flexibility index (Phi) is 6.06. The van der Waals surface area contributed by atoms with Gasteiger partial charge in [-0.15, -0.1) is 5.10 Å². The van der Waals surface area contributed by atoms with E-state index < -0.39 is 0 Å². The van der Waals surface area contributed by atoms with E-state index in [-0.39, 0.29) is 17.9 Å². The summed E-state index contributed by atoms with van der Waals surface area (Å²) in [6, 6.07) is 0. The molecule has 0 aliphatic carbocycles. The Morgan fingerprint density at radius 1 is 1.40 bits per heavy atom. The van der Waals surface area contributed by atoms with E-state index in [1.165, 1.54) is 0 Å². The Morgan fingerprint density at radius 2 is 2.05 bits per heavy atom. The van der Waals surface area contributed by atoms with Gasteiger partial charge in [0, 0.05) is 25.4 Å². The molecule has 0 aliphatic heterocycles. The molecule has 0 aliphatic rings. The molecule has 0 radical (unpaired) electrons. The summed E-state index contributed by atoms with van der Waals surface area (Å²) in [4.78, 5) is 13.8. The second-order valence-electron chi connectivity index (χ2n) is 5.31. The number of hydrogen-bond donors (Lipinski definition) is 1. The highest BCUT2D eigenvalue weighted by Gasteiger charge is 2.28. The van der Waals surface area contributed by atoms with Crippen molar-refractivity contribution in [3.8, 4) is 0 Å². The maximum absolute atomic E-state index is 12.1. The molecule has 0 saturated carbocycles. The molecule has 1 N–H and O–H groups in total. The van der Waals surface area contributed by atoms with E-state index in [9.17, 15) is 9.90 Å². The van der Waals surface area contributed by atoms with Gasteiger partial charge in [-0.2, -0.15) is 0 Å². The summed E-state index contributed by atoms with van der Waals surface area (Å²) in [7, 11) is 1.78. The molecule has 20 heavy (non-hydrogen) atoms. The lowest BCUT2D eigenvalue weighted by Gasteiger charge is -2.34. The van der Waals surface area contributed by atoms with E-state index >= 15 is 0 Å². The summed E-state index contributed by atoms with van der Waals surface area (Å²) in [6.07, 6.45) is 2.06. The van der Waals surface area contributed by atoms with Crippen molar-refractivity contribution >= 4 is 5.91 Å². The van der Waals surface area contributed by atoms with Crippen LogP contribution in [0.2, 0.25) is 0 Å². The third-order valence-corrected chi connectivity index (χ3v) is 4.08. The van der Waals surface area contributed by atoms with Gasteiger partial charge in [0.05, 0.1) is 13.2 Å². The molecule has 0 spiro atoms. The van der Waals surface area contributed by atoms with Crippen molar-refractivity contribution in [3.63, 3.8) is 0 Å². The van der Waals surface area contributed by atoms with Crippen LogP contribution in [0.4, 0.5) is 0 Å². The van der Waals surface area contributed by atoms with Crippen LogP contribution in [0.25, 0.3) is 0 Å². The number of nitrogens with zero attached hydrogens (tertiary/aromatic N) is 5. The number of aliphatic hydroxyl groups excluding tert-OH is 1. The van der Waals surface area contributed by atoms with Gasteiger partial charge in [0.15, 0.2) is 0 Å². The van der Waals surface area contributed by atoms with Crippen molar-refractivity contribution in [1.82, 2.24) is 25.1 Å². The molecule has 0 atom stereocenters. The molecule has 0 aromatic carbocycles. The number of rotatable bonds is 8. The zero-order valence-electron chi connectivity index (χ0n) is 12.8. The molecular weight excluding hydrogens is 258 g/mol. The lowest BCUT2D eigenvalue weighted by molar-refractivity contribution is -0.132. The number of aryl methyl sites for hydroxylation is 2. The molecule has 1 heterocycles. The first-order valence-electron chi connectivity index (χ1n) is 7.05. The van der Waals surface area contributed by atoms with Crippen LogP contribution in [0.3, 0.4) is 0 Å². The molecule has 0 bridgehead atoms. The zero-order valence-corrected chi connectivity index (χ0v) is 12.8. The fourth-order valence-corrected chi connectivity index (χ4v) is 2.19. The molecule has 0 fully saturated rings. The van der Waals surface area contributed by atoms with Crippen molar-refractivity contribution in [1.29, 1.82) is 0 Å². The minimum Gasteiger partial charge on any atom is -0.396 e. The van der Waals surface area contributed by atoms with Crippen LogP contribution in [0, 0.1) is 12.3 Å². The fourth-order valence-electron chi connectivity index (χ4n) is 2.19. The quantitative estimate of drug-likeness (QED) is 0.756. The minimum absolute atomic E-state index is 0.0413. The summed E-state index contributed by atoms with van der Waals surface area (Å²) < 4.78 is 1.62. The Balaban J connectivity index is 2.52. The average molecular weight is 283 g/mol. The van der Waals surface area contributed by atoms with Crippen molar-refractivity contribution in [2.45, 2.75) is 46.6 Å². The fraction of sp³-hybridized carbons (Fsp3) is 0.846. The van der Waals surface area contributed by atoms with E-state index in [1.54, 1.807) is 23.6 Å². The van der Waals surface area contributed by atoms with Gasteiger partial charge in [0.2, 0.25) is 5.91 Å².